The average molecular weight is 237 g/mol. The molecule has 1 heterocycles. The smallest absolute Gasteiger partial charge is 0.398 e. The minimum atomic E-state index is -1.41. The van der Waals surface area contributed by atoms with Crippen LogP contribution in [-0.2, 0) is 18.9 Å². The zero-order chi connectivity index (χ0) is 12.3. The predicted molar refractivity (Wildman–Crippen MR) is 61.5 cm³/mol. The molecule has 0 radical (unpaired) electrons. The van der Waals surface area contributed by atoms with E-state index >= 15 is 0 Å². The number of rotatable bonds is 3. The number of methoxy groups -OCH3 is 3. The highest BCUT2D eigenvalue weighted by Gasteiger charge is 2.45. The van der Waals surface area contributed by atoms with Crippen LogP contribution in [0.2, 0.25) is 0 Å². The Labute approximate surface area is 100.0 Å². The Balaban J connectivity index is 2.30. The first kappa shape index (κ1) is 12.0. The number of aliphatic imine (C=N–C) groups is 1. The van der Waals surface area contributed by atoms with Crippen molar-refractivity contribution < 1.29 is 18.9 Å². The third-order valence-corrected chi connectivity index (χ3v) is 2.57. The number of benzene rings is 1. The van der Waals surface area contributed by atoms with Crippen molar-refractivity contribution in [2.45, 2.75) is 12.2 Å². The van der Waals surface area contributed by atoms with Gasteiger partial charge in [0, 0.05) is 14.2 Å². The summed E-state index contributed by atoms with van der Waals surface area (Å²) in [7, 11) is 4.47. The molecule has 1 aliphatic heterocycles. The van der Waals surface area contributed by atoms with Crippen molar-refractivity contribution in [3.05, 3.63) is 35.9 Å². The third-order valence-electron chi connectivity index (χ3n) is 2.57. The van der Waals surface area contributed by atoms with Crippen LogP contribution >= 0.6 is 0 Å². The van der Waals surface area contributed by atoms with Gasteiger partial charge in [0.25, 0.3) is 0 Å². The molecular weight excluding hydrogens is 222 g/mol. The van der Waals surface area contributed by atoms with Gasteiger partial charge in [0.1, 0.15) is 0 Å². The molecule has 2 rings (SSSR count). The lowest BCUT2D eigenvalue weighted by Crippen LogP contribution is -2.31. The highest BCUT2D eigenvalue weighted by Crippen LogP contribution is 2.34. The van der Waals surface area contributed by atoms with Gasteiger partial charge in [-0.15, -0.1) is 0 Å². The summed E-state index contributed by atoms with van der Waals surface area (Å²) >= 11 is 0. The van der Waals surface area contributed by atoms with E-state index in [9.17, 15) is 0 Å². The first-order valence-electron chi connectivity index (χ1n) is 5.21. The average Bonchev–Trinajstić information content (AvgIpc) is 2.79. The van der Waals surface area contributed by atoms with Gasteiger partial charge in [0.15, 0.2) is 6.10 Å². The summed E-state index contributed by atoms with van der Waals surface area (Å²) in [6, 6.07) is 9.64. The van der Waals surface area contributed by atoms with Crippen LogP contribution in [0.5, 0.6) is 0 Å². The van der Waals surface area contributed by atoms with Crippen LogP contribution in [0.15, 0.2) is 35.3 Å². The molecule has 0 aromatic heterocycles. The van der Waals surface area contributed by atoms with Gasteiger partial charge in [-0.05, 0) is 5.56 Å². The summed E-state index contributed by atoms with van der Waals surface area (Å²) in [5.41, 5.74) is 0.934. The quantitative estimate of drug-likeness (QED) is 0.751. The molecule has 0 aliphatic carbocycles. The van der Waals surface area contributed by atoms with Gasteiger partial charge in [0.05, 0.1) is 7.11 Å². The zero-order valence-electron chi connectivity index (χ0n) is 10.0. The van der Waals surface area contributed by atoms with Gasteiger partial charge >= 0.3 is 6.10 Å². The second-order valence-corrected chi connectivity index (χ2v) is 3.49. The standard InChI is InChI=1S/C12H15NO4/c1-14-11-10(9-7-5-4-6-8-9)17-12(13-11,15-2)16-3/h4-8,10H,1-3H3. The molecule has 92 valence electrons. The van der Waals surface area contributed by atoms with E-state index in [1.54, 1.807) is 7.11 Å². The van der Waals surface area contributed by atoms with E-state index in [0.29, 0.717) is 5.90 Å². The minimum Gasteiger partial charge on any atom is -0.482 e. The van der Waals surface area contributed by atoms with Crippen LogP contribution in [-0.4, -0.2) is 33.3 Å². The molecule has 5 nitrogen and oxygen atoms in total. The fourth-order valence-corrected chi connectivity index (χ4v) is 1.68. The maximum Gasteiger partial charge on any atom is 0.398 e. The van der Waals surface area contributed by atoms with E-state index < -0.39 is 12.2 Å². The minimum absolute atomic E-state index is 0.416. The van der Waals surface area contributed by atoms with Crippen molar-refractivity contribution in [2.75, 3.05) is 21.3 Å². The molecule has 1 unspecified atom stereocenters. The Bertz CT molecular complexity index is 400. The summed E-state index contributed by atoms with van der Waals surface area (Å²) < 4.78 is 21.1. The molecule has 1 aromatic rings. The molecule has 1 aliphatic rings. The van der Waals surface area contributed by atoms with Crippen molar-refractivity contribution in [1.82, 2.24) is 0 Å². The Morgan fingerprint density at radius 2 is 1.76 bits per heavy atom. The van der Waals surface area contributed by atoms with Crippen molar-refractivity contribution in [3.63, 3.8) is 0 Å². The monoisotopic (exact) mass is 237 g/mol. The summed E-state index contributed by atoms with van der Waals surface area (Å²) in [6.07, 6.45) is -1.83. The molecule has 0 saturated carbocycles. The molecule has 0 fully saturated rings. The SMILES string of the molecule is COC1=NC(OC)(OC)OC1c1ccccc1. The second-order valence-electron chi connectivity index (χ2n) is 3.49. The van der Waals surface area contributed by atoms with Crippen LogP contribution in [0.4, 0.5) is 0 Å². The molecule has 0 N–H and O–H groups in total. The lowest BCUT2D eigenvalue weighted by Gasteiger charge is -2.22. The topological polar surface area (TPSA) is 49.3 Å². The first-order valence-corrected chi connectivity index (χ1v) is 5.21. The normalized spacial score (nSPS) is 22.3. The summed E-state index contributed by atoms with van der Waals surface area (Å²) in [5.74, 6) is 0.430. The van der Waals surface area contributed by atoms with Crippen molar-refractivity contribution in [3.8, 4) is 0 Å². The van der Waals surface area contributed by atoms with E-state index in [-0.39, 0.29) is 0 Å². The molecule has 0 amide bonds. The molecule has 5 heteroatoms. The second kappa shape index (κ2) is 4.83. The summed E-state index contributed by atoms with van der Waals surface area (Å²) in [4.78, 5) is 4.16. The predicted octanol–water partition coefficient (Wildman–Crippen LogP) is 1.71. The van der Waals surface area contributed by atoms with Crippen molar-refractivity contribution >= 4 is 5.90 Å². The number of hydrogen-bond donors (Lipinski definition) is 0. The number of ether oxygens (including phenoxy) is 4. The molecular formula is C12H15NO4. The molecule has 1 atom stereocenters. The highest BCUT2D eigenvalue weighted by molar-refractivity contribution is 5.83. The van der Waals surface area contributed by atoms with Gasteiger partial charge in [-0.1, -0.05) is 30.3 Å². The van der Waals surface area contributed by atoms with Gasteiger partial charge in [-0.3, -0.25) is 4.74 Å². The van der Waals surface area contributed by atoms with E-state index in [2.05, 4.69) is 4.99 Å². The van der Waals surface area contributed by atoms with Crippen LogP contribution < -0.4 is 0 Å². The van der Waals surface area contributed by atoms with Crippen LogP contribution in [0, 0.1) is 0 Å². The molecule has 0 bridgehead atoms. The van der Waals surface area contributed by atoms with Gasteiger partial charge in [0.2, 0.25) is 5.90 Å². The Morgan fingerprint density at radius 1 is 1.12 bits per heavy atom. The summed E-state index contributed by atoms with van der Waals surface area (Å²) in [6.45, 7) is 0. The van der Waals surface area contributed by atoms with Crippen molar-refractivity contribution in [1.29, 1.82) is 0 Å². The van der Waals surface area contributed by atoms with E-state index in [1.165, 1.54) is 14.2 Å². The lowest BCUT2D eigenvalue weighted by atomic mass is 10.1. The number of hydrogen-bond acceptors (Lipinski definition) is 5. The van der Waals surface area contributed by atoms with Crippen LogP contribution in [0.3, 0.4) is 0 Å². The maximum absolute atomic E-state index is 5.66. The first-order chi connectivity index (χ1) is 8.24. The third kappa shape index (κ3) is 2.17. The lowest BCUT2D eigenvalue weighted by molar-refractivity contribution is -0.355. The van der Waals surface area contributed by atoms with Gasteiger partial charge in [-0.2, -0.15) is 4.99 Å². The number of nitrogens with zero attached hydrogens (tertiary/aromatic N) is 1. The van der Waals surface area contributed by atoms with Crippen molar-refractivity contribution in [2.24, 2.45) is 4.99 Å². The Kier molecular flexibility index (Phi) is 3.42. The van der Waals surface area contributed by atoms with E-state index in [1.807, 2.05) is 30.3 Å². The Morgan fingerprint density at radius 3 is 2.29 bits per heavy atom. The van der Waals surface area contributed by atoms with Gasteiger partial charge < -0.3 is 14.2 Å². The molecule has 0 spiro atoms. The Hall–Kier alpha value is -1.43. The van der Waals surface area contributed by atoms with Crippen LogP contribution in [0.25, 0.3) is 0 Å². The molecule has 17 heavy (non-hydrogen) atoms. The maximum atomic E-state index is 5.66. The fourth-order valence-electron chi connectivity index (χ4n) is 1.68. The zero-order valence-corrected chi connectivity index (χ0v) is 10.0. The summed E-state index contributed by atoms with van der Waals surface area (Å²) in [5, 5.41) is 0. The van der Waals surface area contributed by atoms with E-state index in [4.69, 9.17) is 18.9 Å². The fraction of sp³-hybridized carbons (Fsp3) is 0.417. The molecule has 0 saturated heterocycles. The van der Waals surface area contributed by atoms with Crippen LogP contribution in [0.1, 0.15) is 11.7 Å². The largest absolute Gasteiger partial charge is 0.482 e. The van der Waals surface area contributed by atoms with E-state index in [0.717, 1.165) is 5.56 Å². The molecule has 1 aromatic carbocycles. The highest BCUT2D eigenvalue weighted by atomic mass is 16.9. The van der Waals surface area contributed by atoms with Gasteiger partial charge in [-0.25, -0.2) is 0 Å².